The van der Waals surface area contributed by atoms with Crippen LogP contribution < -0.4 is 4.90 Å². The quantitative estimate of drug-likeness (QED) is 0.789. The van der Waals surface area contributed by atoms with Crippen molar-refractivity contribution in [1.29, 1.82) is 0 Å². The molecule has 2 aromatic rings. The third-order valence-corrected chi connectivity index (χ3v) is 6.99. The molecular weight excluding hydrogens is 360 g/mol. The zero-order chi connectivity index (χ0) is 19.8. The van der Waals surface area contributed by atoms with Gasteiger partial charge in [-0.25, -0.2) is 8.42 Å². The van der Waals surface area contributed by atoms with Crippen molar-refractivity contribution in [2.24, 2.45) is 0 Å². The van der Waals surface area contributed by atoms with Crippen molar-refractivity contribution in [1.82, 2.24) is 4.31 Å². The summed E-state index contributed by atoms with van der Waals surface area (Å²) in [5.74, 6) is -0.0234. The summed E-state index contributed by atoms with van der Waals surface area (Å²) in [7, 11) is -3.65. The van der Waals surface area contributed by atoms with Crippen molar-refractivity contribution in [2.75, 3.05) is 4.90 Å². The van der Waals surface area contributed by atoms with E-state index in [9.17, 15) is 13.2 Å². The Bertz CT molecular complexity index is 939. The Morgan fingerprint density at radius 3 is 2.44 bits per heavy atom. The van der Waals surface area contributed by atoms with E-state index in [2.05, 4.69) is 0 Å². The zero-order valence-electron chi connectivity index (χ0n) is 16.2. The highest BCUT2D eigenvalue weighted by atomic mass is 32.2. The van der Waals surface area contributed by atoms with Crippen LogP contribution in [0.1, 0.15) is 38.8 Å². The minimum absolute atomic E-state index is 0.0234. The third-order valence-electron chi connectivity index (χ3n) is 4.97. The van der Waals surface area contributed by atoms with Gasteiger partial charge < -0.3 is 4.90 Å². The van der Waals surface area contributed by atoms with Crippen LogP contribution in [0.4, 0.5) is 5.69 Å². The minimum atomic E-state index is -3.65. The predicted octanol–water partition coefficient (Wildman–Crippen LogP) is 3.58. The van der Waals surface area contributed by atoms with E-state index in [0.717, 1.165) is 16.8 Å². The Kier molecular flexibility index (Phi) is 5.40. The first-order valence-corrected chi connectivity index (χ1v) is 10.6. The van der Waals surface area contributed by atoms with E-state index in [-0.39, 0.29) is 22.9 Å². The SMILES string of the molecule is CC(=O)N1c2ccc(S(=O)(=O)N(Cc3ccccc3)C(C)C)cc2C[C@H]1C. The molecule has 1 aliphatic heterocycles. The van der Waals surface area contributed by atoms with Crippen LogP contribution in [-0.2, 0) is 27.8 Å². The smallest absolute Gasteiger partial charge is 0.243 e. The number of carbonyl (C=O) groups excluding carboxylic acids is 1. The molecule has 0 saturated carbocycles. The number of sulfonamides is 1. The van der Waals surface area contributed by atoms with Crippen LogP contribution in [-0.4, -0.2) is 30.7 Å². The number of anilines is 1. The van der Waals surface area contributed by atoms with Gasteiger partial charge in [0.25, 0.3) is 0 Å². The van der Waals surface area contributed by atoms with E-state index >= 15 is 0 Å². The molecule has 3 rings (SSSR count). The lowest BCUT2D eigenvalue weighted by Crippen LogP contribution is -2.36. The van der Waals surface area contributed by atoms with Crippen LogP contribution in [0.5, 0.6) is 0 Å². The predicted molar refractivity (Wildman–Crippen MR) is 107 cm³/mol. The number of rotatable bonds is 5. The Labute approximate surface area is 161 Å². The van der Waals surface area contributed by atoms with E-state index < -0.39 is 10.0 Å². The molecule has 5 nitrogen and oxygen atoms in total. The van der Waals surface area contributed by atoms with E-state index in [1.54, 1.807) is 23.1 Å². The fraction of sp³-hybridized carbons (Fsp3) is 0.381. The standard InChI is InChI=1S/C21H26N2O3S/c1-15(2)22(14-18-8-6-5-7-9-18)27(25,26)20-10-11-21-19(13-20)12-16(3)23(21)17(4)24/h5-11,13,15-16H,12,14H2,1-4H3/t16-/m1/s1. The van der Waals surface area contributed by atoms with Crippen molar-refractivity contribution in [2.45, 2.75) is 57.6 Å². The van der Waals surface area contributed by atoms with Gasteiger partial charge in [0.1, 0.15) is 0 Å². The van der Waals surface area contributed by atoms with E-state index in [0.29, 0.717) is 13.0 Å². The summed E-state index contributed by atoms with van der Waals surface area (Å²) in [6, 6.07) is 14.6. The molecule has 1 aliphatic rings. The van der Waals surface area contributed by atoms with E-state index in [1.807, 2.05) is 51.1 Å². The van der Waals surface area contributed by atoms with Gasteiger partial charge in [0.15, 0.2) is 0 Å². The highest BCUT2D eigenvalue weighted by Crippen LogP contribution is 2.35. The van der Waals surface area contributed by atoms with Crippen molar-refractivity contribution >= 4 is 21.6 Å². The largest absolute Gasteiger partial charge is 0.309 e. The van der Waals surface area contributed by atoms with Crippen molar-refractivity contribution < 1.29 is 13.2 Å². The first kappa shape index (κ1) is 19.6. The van der Waals surface area contributed by atoms with Gasteiger partial charge in [0.05, 0.1) is 4.90 Å². The number of fused-ring (bicyclic) bond motifs is 1. The number of benzene rings is 2. The van der Waals surface area contributed by atoms with Crippen LogP contribution in [0, 0.1) is 0 Å². The molecule has 0 N–H and O–H groups in total. The number of amides is 1. The zero-order valence-corrected chi connectivity index (χ0v) is 17.0. The first-order valence-electron chi connectivity index (χ1n) is 9.20. The minimum Gasteiger partial charge on any atom is -0.309 e. The average molecular weight is 387 g/mol. The molecule has 0 radical (unpaired) electrons. The molecular formula is C21H26N2O3S. The summed E-state index contributed by atoms with van der Waals surface area (Å²) >= 11 is 0. The lowest BCUT2D eigenvalue weighted by Gasteiger charge is -2.26. The van der Waals surface area contributed by atoms with Gasteiger partial charge in [0, 0.05) is 31.2 Å². The Morgan fingerprint density at radius 2 is 1.85 bits per heavy atom. The fourth-order valence-corrected chi connectivity index (χ4v) is 5.37. The van der Waals surface area contributed by atoms with Gasteiger partial charge in [-0.2, -0.15) is 4.31 Å². The normalized spacial score (nSPS) is 16.8. The molecule has 0 bridgehead atoms. The number of carbonyl (C=O) groups is 1. The molecule has 0 saturated heterocycles. The van der Waals surface area contributed by atoms with Gasteiger partial charge in [-0.15, -0.1) is 0 Å². The van der Waals surface area contributed by atoms with Gasteiger partial charge >= 0.3 is 0 Å². The summed E-state index contributed by atoms with van der Waals surface area (Å²) in [5, 5.41) is 0. The van der Waals surface area contributed by atoms with Crippen LogP contribution in [0.15, 0.2) is 53.4 Å². The topological polar surface area (TPSA) is 57.7 Å². The van der Waals surface area contributed by atoms with Gasteiger partial charge in [-0.1, -0.05) is 30.3 Å². The molecule has 0 spiro atoms. The highest BCUT2D eigenvalue weighted by molar-refractivity contribution is 7.89. The molecule has 1 amide bonds. The van der Waals surface area contributed by atoms with Crippen LogP contribution in [0.25, 0.3) is 0 Å². The number of hydrogen-bond acceptors (Lipinski definition) is 3. The van der Waals surface area contributed by atoms with Crippen LogP contribution in [0.2, 0.25) is 0 Å². The fourth-order valence-electron chi connectivity index (χ4n) is 3.69. The summed E-state index contributed by atoms with van der Waals surface area (Å²) in [6.45, 7) is 7.61. The molecule has 0 unspecified atom stereocenters. The maximum Gasteiger partial charge on any atom is 0.243 e. The third kappa shape index (κ3) is 3.77. The Balaban J connectivity index is 1.96. The molecule has 1 heterocycles. The van der Waals surface area contributed by atoms with Crippen molar-refractivity contribution in [3.8, 4) is 0 Å². The molecule has 27 heavy (non-hydrogen) atoms. The van der Waals surface area contributed by atoms with E-state index in [1.165, 1.54) is 11.2 Å². The molecule has 0 aliphatic carbocycles. The van der Waals surface area contributed by atoms with Crippen molar-refractivity contribution in [3.63, 3.8) is 0 Å². The highest BCUT2D eigenvalue weighted by Gasteiger charge is 2.32. The summed E-state index contributed by atoms with van der Waals surface area (Å²) in [5.41, 5.74) is 2.67. The second kappa shape index (κ2) is 7.44. The average Bonchev–Trinajstić information content (AvgIpc) is 2.95. The van der Waals surface area contributed by atoms with Crippen molar-refractivity contribution in [3.05, 3.63) is 59.7 Å². The van der Waals surface area contributed by atoms with E-state index in [4.69, 9.17) is 0 Å². The van der Waals surface area contributed by atoms with Gasteiger partial charge in [-0.3, -0.25) is 4.79 Å². The maximum absolute atomic E-state index is 13.3. The Morgan fingerprint density at radius 1 is 1.19 bits per heavy atom. The molecule has 1 atom stereocenters. The second-order valence-corrected chi connectivity index (χ2v) is 9.25. The van der Waals surface area contributed by atoms with Gasteiger partial charge in [0.2, 0.25) is 15.9 Å². The number of nitrogens with zero attached hydrogens (tertiary/aromatic N) is 2. The summed E-state index contributed by atoms with van der Waals surface area (Å²) in [6.07, 6.45) is 0.665. The molecule has 144 valence electrons. The van der Waals surface area contributed by atoms with Crippen LogP contribution >= 0.6 is 0 Å². The lowest BCUT2D eigenvalue weighted by molar-refractivity contribution is -0.116. The Hall–Kier alpha value is -2.18. The molecule has 0 aromatic heterocycles. The lowest BCUT2D eigenvalue weighted by atomic mass is 10.1. The van der Waals surface area contributed by atoms with Gasteiger partial charge in [-0.05, 0) is 56.5 Å². The monoisotopic (exact) mass is 386 g/mol. The maximum atomic E-state index is 13.3. The first-order chi connectivity index (χ1) is 12.7. The number of hydrogen-bond donors (Lipinski definition) is 0. The summed E-state index contributed by atoms with van der Waals surface area (Å²) in [4.78, 5) is 13.9. The summed E-state index contributed by atoms with van der Waals surface area (Å²) < 4.78 is 28.2. The molecule has 6 heteroatoms. The molecule has 2 aromatic carbocycles. The molecule has 0 fully saturated rings. The second-order valence-electron chi connectivity index (χ2n) is 7.36. The van der Waals surface area contributed by atoms with Crippen LogP contribution in [0.3, 0.4) is 0 Å².